The molecule has 0 radical (unpaired) electrons. The summed E-state index contributed by atoms with van der Waals surface area (Å²) in [5, 5.41) is 6.13. The predicted octanol–water partition coefficient (Wildman–Crippen LogP) is -0.0739. The van der Waals surface area contributed by atoms with Gasteiger partial charge in [-0.1, -0.05) is 0 Å². The highest BCUT2D eigenvalue weighted by Gasteiger charge is 2.14. The van der Waals surface area contributed by atoms with Gasteiger partial charge in [0.25, 0.3) is 5.56 Å². The van der Waals surface area contributed by atoms with Crippen LogP contribution >= 0.6 is 0 Å². The Morgan fingerprint density at radius 3 is 2.85 bits per heavy atom. The fourth-order valence-corrected chi connectivity index (χ4v) is 1.36. The first-order valence-electron chi connectivity index (χ1n) is 4.25. The van der Waals surface area contributed by atoms with Crippen LogP contribution in [0.2, 0.25) is 0 Å². The first kappa shape index (κ1) is 8.10. The van der Waals surface area contributed by atoms with Crippen LogP contribution in [0.15, 0.2) is 4.79 Å². The quantitative estimate of drug-likeness (QED) is 0.586. The van der Waals surface area contributed by atoms with Gasteiger partial charge in [0.15, 0.2) is 5.82 Å². The average Bonchev–Trinajstić information content (AvgIpc) is 2.15. The third-order valence-electron chi connectivity index (χ3n) is 2.23. The molecule has 0 amide bonds. The van der Waals surface area contributed by atoms with E-state index in [0.717, 1.165) is 18.9 Å². The Kier molecular flexibility index (Phi) is 1.72. The van der Waals surface area contributed by atoms with Crippen LogP contribution in [-0.2, 0) is 7.05 Å². The van der Waals surface area contributed by atoms with E-state index in [-0.39, 0.29) is 5.56 Å². The zero-order chi connectivity index (χ0) is 9.42. The molecule has 0 fully saturated rings. The minimum atomic E-state index is -0.0188. The van der Waals surface area contributed by atoms with Gasteiger partial charge in [-0.2, -0.15) is 0 Å². The Balaban J connectivity index is 2.68. The third kappa shape index (κ3) is 1.16. The average molecular weight is 180 g/mol. The van der Waals surface area contributed by atoms with Crippen LogP contribution in [0.3, 0.4) is 0 Å². The molecule has 1 aromatic rings. The van der Waals surface area contributed by atoms with Crippen LogP contribution in [0.1, 0.15) is 5.82 Å². The zero-order valence-corrected chi connectivity index (χ0v) is 7.72. The van der Waals surface area contributed by atoms with Gasteiger partial charge in [-0.25, -0.2) is 4.98 Å². The molecular weight excluding hydrogens is 168 g/mol. The fraction of sp³-hybridized carbons (Fsp3) is 0.500. The summed E-state index contributed by atoms with van der Waals surface area (Å²) in [6.07, 6.45) is 0. The second kappa shape index (κ2) is 2.76. The van der Waals surface area contributed by atoms with E-state index in [0.29, 0.717) is 11.5 Å². The number of fused-ring (bicyclic) bond motifs is 1. The van der Waals surface area contributed by atoms with E-state index in [1.807, 2.05) is 6.92 Å². The number of anilines is 2. The Bertz CT molecular complexity index is 396. The lowest BCUT2D eigenvalue weighted by Crippen LogP contribution is -2.31. The predicted molar refractivity (Wildman–Crippen MR) is 51.2 cm³/mol. The molecule has 2 N–H and O–H groups in total. The molecule has 1 aromatic heterocycles. The van der Waals surface area contributed by atoms with Crippen molar-refractivity contribution >= 4 is 11.5 Å². The number of nitrogens with zero attached hydrogens (tertiary/aromatic N) is 2. The SMILES string of the molecule is Cc1nc2c(c(=O)n1C)NCCN2. The number of nitrogens with one attached hydrogen (secondary N) is 2. The van der Waals surface area contributed by atoms with Gasteiger partial charge >= 0.3 is 0 Å². The maximum Gasteiger partial charge on any atom is 0.278 e. The lowest BCUT2D eigenvalue weighted by molar-refractivity contribution is 0.770. The molecule has 0 unspecified atom stereocenters. The summed E-state index contributed by atoms with van der Waals surface area (Å²) in [4.78, 5) is 15.9. The van der Waals surface area contributed by atoms with Gasteiger partial charge in [0.1, 0.15) is 11.5 Å². The number of rotatable bonds is 0. The Morgan fingerprint density at radius 1 is 1.38 bits per heavy atom. The van der Waals surface area contributed by atoms with Crippen molar-refractivity contribution in [2.24, 2.45) is 7.05 Å². The standard InChI is InChI=1S/C8H12N4O/c1-5-11-7-6(8(13)12(5)2)9-3-4-10-7/h9-10H,3-4H2,1-2H3. The summed E-state index contributed by atoms with van der Waals surface area (Å²) in [5.74, 6) is 1.40. The molecule has 13 heavy (non-hydrogen) atoms. The van der Waals surface area contributed by atoms with Gasteiger partial charge < -0.3 is 10.6 Å². The summed E-state index contributed by atoms with van der Waals surface area (Å²) < 4.78 is 1.54. The summed E-state index contributed by atoms with van der Waals surface area (Å²) in [6, 6.07) is 0. The van der Waals surface area contributed by atoms with Crippen molar-refractivity contribution in [2.75, 3.05) is 23.7 Å². The minimum Gasteiger partial charge on any atom is -0.376 e. The maximum absolute atomic E-state index is 11.7. The minimum absolute atomic E-state index is 0.0188. The lowest BCUT2D eigenvalue weighted by Gasteiger charge is -2.19. The highest BCUT2D eigenvalue weighted by atomic mass is 16.1. The first-order chi connectivity index (χ1) is 6.20. The van der Waals surface area contributed by atoms with Crippen molar-refractivity contribution in [3.05, 3.63) is 16.2 Å². The van der Waals surface area contributed by atoms with E-state index in [4.69, 9.17) is 0 Å². The molecule has 1 aliphatic rings. The number of aryl methyl sites for hydroxylation is 1. The van der Waals surface area contributed by atoms with Crippen molar-refractivity contribution in [1.82, 2.24) is 9.55 Å². The highest BCUT2D eigenvalue weighted by molar-refractivity contribution is 5.65. The first-order valence-corrected chi connectivity index (χ1v) is 4.25. The van der Waals surface area contributed by atoms with E-state index in [9.17, 15) is 4.79 Å². The van der Waals surface area contributed by atoms with Crippen molar-refractivity contribution in [1.29, 1.82) is 0 Å². The monoisotopic (exact) mass is 180 g/mol. The topological polar surface area (TPSA) is 59.0 Å². The lowest BCUT2D eigenvalue weighted by atomic mass is 10.3. The molecule has 2 rings (SSSR count). The summed E-state index contributed by atoms with van der Waals surface area (Å²) in [5.41, 5.74) is 0.564. The van der Waals surface area contributed by atoms with Crippen molar-refractivity contribution in [3.63, 3.8) is 0 Å². The van der Waals surface area contributed by atoms with Crippen LogP contribution < -0.4 is 16.2 Å². The molecule has 0 bridgehead atoms. The molecule has 1 aliphatic heterocycles. The summed E-state index contributed by atoms with van der Waals surface area (Å²) >= 11 is 0. The van der Waals surface area contributed by atoms with E-state index >= 15 is 0 Å². The number of aromatic nitrogens is 2. The molecule has 2 heterocycles. The van der Waals surface area contributed by atoms with Crippen LogP contribution in [0, 0.1) is 6.92 Å². The molecule has 5 heteroatoms. The normalized spacial score (nSPS) is 14.3. The van der Waals surface area contributed by atoms with Crippen LogP contribution in [0.25, 0.3) is 0 Å². The van der Waals surface area contributed by atoms with Crippen LogP contribution in [-0.4, -0.2) is 22.6 Å². The molecule has 0 aromatic carbocycles. The maximum atomic E-state index is 11.7. The van der Waals surface area contributed by atoms with Gasteiger partial charge in [0, 0.05) is 20.1 Å². The zero-order valence-electron chi connectivity index (χ0n) is 7.72. The van der Waals surface area contributed by atoms with Gasteiger partial charge in [-0.3, -0.25) is 9.36 Å². The van der Waals surface area contributed by atoms with Gasteiger partial charge in [-0.05, 0) is 6.92 Å². The molecule has 5 nitrogen and oxygen atoms in total. The van der Waals surface area contributed by atoms with E-state index in [1.165, 1.54) is 0 Å². The Labute approximate surface area is 75.8 Å². The summed E-state index contributed by atoms with van der Waals surface area (Å²) in [7, 11) is 1.72. The van der Waals surface area contributed by atoms with Crippen LogP contribution in [0.5, 0.6) is 0 Å². The highest BCUT2D eigenvalue weighted by Crippen LogP contribution is 2.16. The molecule has 0 saturated heterocycles. The number of hydrogen-bond donors (Lipinski definition) is 2. The second-order valence-electron chi connectivity index (χ2n) is 3.10. The molecule has 0 aliphatic carbocycles. The molecule has 0 atom stereocenters. The molecule has 70 valence electrons. The molecule has 0 saturated carbocycles. The van der Waals surface area contributed by atoms with Crippen molar-refractivity contribution < 1.29 is 0 Å². The Morgan fingerprint density at radius 2 is 2.08 bits per heavy atom. The third-order valence-corrected chi connectivity index (χ3v) is 2.23. The van der Waals surface area contributed by atoms with E-state index in [1.54, 1.807) is 11.6 Å². The van der Waals surface area contributed by atoms with Crippen LogP contribution in [0.4, 0.5) is 11.5 Å². The van der Waals surface area contributed by atoms with Gasteiger partial charge in [0.05, 0.1) is 0 Å². The fourth-order valence-electron chi connectivity index (χ4n) is 1.36. The largest absolute Gasteiger partial charge is 0.376 e. The Hall–Kier alpha value is -1.52. The molecule has 0 spiro atoms. The van der Waals surface area contributed by atoms with Crippen molar-refractivity contribution in [3.8, 4) is 0 Å². The smallest absolute Gasteiger partial charge is 0.278 e. The number of hydrogen-bond acceptors (Lipinski definition) is 4. The van der Waals surface area contributed by atoms with Crippen molar-refractivity contribution in [2.45, 2.75) is 6.92 Å². The second-order valence-corrected chi connectivity index (χ2v) is 3.10. The molecular formula is C8H12N4O. The summed E-state index contributed by atoms with van der Waals surface area (Å²) in [6.45, 7) is 3.40. The van der Waals surface area contributed by atoms with E-state index in [2.05, 4.69) is 15.6 Å². The van der Waals surface area contributed by atoms with Gasteiger partial charge in [0.2, 0.25) is 0 Å². The van der Waals surface area contributed by atoms with E-state index < -0.39 is 0 Å². The van der Waals surface area contributed by atoms with Gasteiger partial charge in [-0.15, -0.1) is 0 Å².